The maximum Gasteiger partial charge on any atom is 0.410 e. The summed E-state index contributed by atoms with van der Waals surface area (Å²) in [4.78, 5) is 26.3. The Balaban J connectivity index is 1.54. The van der Waals surface area contributed by atoms with Crippen LogP contribution in [0.15, 0.2) is 84.5 Å². The van der Waals surface area contributed by atoms with Crippen molar-refractivity contribution < 1.29 is 23.8 Å². The number of hydrogen-bond acceptors (Lipinski definition) is 5. The van der Waals surface area contributed by atoms with Gasteiger partial charge >= 0.3 is 6.09 Å². The van der Waals surface area contributed by atoms with Gasteiger partial charge in [0.15, 0.2) is 0 Å². The Morgan fingerprint density at radius 3 is 2.14 bits per heavy atom. The van der Waals surface area contributed by atoms with Crippen molar-refractivity contribution in [3.05, 3.63) is 95.6 Å². The predicted molar refractivity (Wildman–Crippen MR) is 170 cm³/mol. The van der Waals surface area contributed by atoms with Crippen LogP contribution in [0.3, 0.4) is 0 Å². The van der Waals surface area contributed by atoms with Gasteiger partial charge in [-0.2, -0.15) is 0 Å². The predicted octanol–water partition coefficient (Wildman–Crippen LogP) is 8.07. The number of allylic oxidation sites excluding steroid dienone is 3. The number of carbonyl (C=O) groups excluding carboxylic acids is 2. The minimum absolute atomic E-state index is 0.00781. The second kappa shape index (κ2) is 16.0. The van der Waals surface area contributed by atoms with Crippen LogP contribution in [0.25, 0.3) is 0 Å². The Morgan fingerprint density at radius 2 is 1.56 bits per heavy atom. The molecule has 6 heteroatoms. The molecule has 2 aromatic rings. The van der Waals surface area contributed by atoms with Gasteiger partial charge in [0, 0.05) is 18.4 Å². The highest BCUT2D eigenvalue weighted by Gasteiger charge is 2.52. The summed E-state index contributed by atoms with van der Waals surface area (Å²) >= 11 is 0. The molecule has 0 radical (unpaired) electrons. The highest BCUT2D eigenvalue weighted by Crippen LogP contribution is 2.48. The first-order chi connectivity index (χ1) is 20.8. The highest BCUT2D eigenvalue weighted by molar-refractivity contribution is 5.69. The number of aldehydes is 1. The minimum atomic E-state index is -0.590. The molecule has 2 aliphatic rings. The minimum Gasteiger partial charge on any atom is -0.444 e. The summed E-state index contributed by atoms with van der Waals surface area (Å²) in [5.74, 6) is 0.360. The number of likely N-dealkylation sites (tertiary alicyclic amines) is 1. The summed E-state index contributed by atoms with van der Waals surface area (Å²) in [6.45, 7) is 8.35. The van der Waals surface area contributed by atoms with E-state index in [1.165, 1.54) is 5.57 Å². The van der Waals surface area contributed by atoms with Crippen molar-refractivity contribution in [3.8, 4) is 0 Å². The molecule has 1 heterocycles. The van der Waals surface area contributed by atoms with Gasteiger partial charge in [-0.1, -0.05) is 84.5 Å². The average molecular weight is 588 g/mol. The van der Waals surface area contributed by atoms with E-state index < -0.39 is 5.60 Å². The van der Waals surface area contributed by atoms with Crippen LogP contribution in [0.1, 0.15) is 76.8 Å². The normalized spacial score (nSPS) is 20.8. The Hall–Kier alpha value is -3.22. The third-order valence-corrected chi connectivity index (χ3v) is 8.45. The lowest BCUT2D eigenvalue weighted by molar-refractivity contribution is -0.117. The van der Waals surface area contributed by atoms with E-state index in [1.54, 1.807) is 0 Å². The summed E-state index contributed by atoms with van der Waals surface area (Å²) < 4.78 is 18.8. The van der Waals surface area contributed by atoms with Gasteiger partial charge in [-0.3, -0.25) is 0 Å². The lowest BCUT2D eigenvalue weighted by atomic mass is 9.63. The number of benzene rings is 2. The lowest BCUT2D eigenvalue weighted by Crippen LogP contribution is -2.61. The van der Waals surface area contributed by atoms with Crippen molar-refractivity contribution in [1.82, 2.24) is 4.90 Å². The molecule has 2 atom stereocenters. The molecular weight excluding hydrogens is 538 g/mol. The molecule has 232 valence electrons. The summed E-state index contributed by atoms with van der Waals surface area (Å²) in [5.41, 5.74) is 2.64. The van der Waals surface area contributed by atoms with E-state index in [-0.39, 0.29) is 17.6 Å². The average Bonchev–Trinajstić information content (AvgIpc) is 2.99. The molecule has 1 saturated carbocycles. The van der Waals surface area contributed by atoms with Crippen molar-refractivity contribution in [1.29, 1.82) is 0 Å². The molecule has 0 spiro atoms. The van der Waals surface area contributed by atoms with Crippen molar-refractivity contribution >= 4 is 12.4 Å². The zero-order valence-electron chi connectivity index (χ0n) is 26.2. The highest BCUT2D eigenvalue weighted by atomic mass is 16.6. The fraction of sp³-hybridized carbons (Fsp3) is 0.514. The zero-order valence-corrected chi connectivity index (χ0v) is 26.2. The first-order valence-electron chi connectivity index (χ1n) is 15.8. The van der Waals surface area contributed by atoms with E-state index in [2.05, 4.69) is 42.5 Å². The molecule has 1 aliphatic heterocycles. The molecule has 1 saturated heterocycles. The molecule has 43 heavy (non-hydrogen) atoms. The summed E-state index contributed by atoms with van der Waals surface area (Å²) in [7, 11) is 0. The molecular formula is C37H49NO5. The van der Waals surface area contributed by atoms with Crippen LogP contribution in [0, 0.1) is 11.3 Å². The van der Waals surface area contributed by atoms with E-state index in [0.29, 0.717) is 45.3 Å². The fourth-order valence-electron chi connectivity index (χ4n) is 6.27. The van der Waals surface area contributed by atoms with E-state index >= 15 is 0 Å². The number of ether oxygens (including phenoxy) is 3. The van der Waals surface area contributed by atoms with Crippen LogP contribution < -0.4 is 0 Å². The van der Waals surface area contributed by atoms with E-state index in [0.717, 1.165) is 55.9 Å². The number of fused-ring (bicyclic) bond motifs is 2. The third-order valence-electron chi connectivity index (χ3n) is 8.45. The molecule has 6 nitrogen and oxygen atoms in total. The molecule has 1 aliphatic carbocycles. The molecule has 0 aromatic heterocycles. The zero-order chi connectivity index (χ0) is 30.5. The largest absolute Gasteiger partial charge is 0.444 e. The van der Waals surface area contributed by atoms with Crippen LogP contribution >= 0.6 is 0 Å². The molecule has 2 bridgehead atoms. The van der Waals surface area contributed by atoms with Crippen molar-refractivity contribution in [2.45, 2.75) is 90.6 Å². The van der Waals surface area contributed by atoms with Crippen molar-refractivity contribution in [2.24, 2.45) is 11.3 Å². The molecule has 0 unspecified atom stereocenters. The first kappa shape index (κ1) is 32.7. The standard InChI is InChI=1S/C37H49NO5/c1-36(2,3)43-35(40)38-27-37(28-41-25-30-16-10-8-11-17-30,29-42-26-31-18-12-9-13-19-31)33-22-21-32(34(38)24-33)20-14-6-4-5-7-15-23-39/h4,6,8-13,16-20,23,33-34H,5,7,14-15,21-22,24-29H2,1-3H3/b6-4-,32-20-/t33-,34-/m0/s1. The summed E-state index contributed by atoms with van der Waals surface area (Å²) in [5, 5.41) is 0. The van der Waals surface area contributed by atoms with Crippen LogP contribution in [0.2, 0.25) is 0 Å². The Labute approximate surface area is 258 Å². The fourth-order valence-corrected chi connectivity index (χ4v) is 6.27. The quantitative estimate of drug-likeness (QED) is 0.127. The van der Waals surface area contributed by atoms with Crippen LogP contribution in [0.5, 0.6) is 0 Å². The number of hydrogen-bond donors (Lipinski definition) is 0. The number of nitrogens with zero attached hydrogens (tertiary/aromatic N) is 1. The van der Waals surface area contributed by atoms with E-state index in [1.807, 2.05) is 62.1 Å². The summed E-state index contributed by atoms with van der Waals surface area (Å²) in [6, 6.07) is 20.5. The van der Waals surface area contributed by atoms with Gasteiger partial charge < -0.3 is 23.9 Å². The SMILES string of the molecule is CC(C)(C)OC(=O)N1CC(COCc2ccccc2)(COCc2ccccc2)[C@H]2CC/C(=C/C/C=C\CCCC=O)[C@@H]1C2. The first-order valence-corrected chi connectivity index (χ1v) is 15.8. The number of piperidine rings is 1. The van der Waals surface area contributed by atoms with Gasteiger partial charge in [0.1, 0.15) is 11.9 Å². The maximum absolute atomic E-state index is 13.8. The van der Waals surface area contributed by atoms with Gasteiger partial charge in [0.05, 0.1) is 32.5 Å². The van der Waals surface area contributed by atoms with Crippen molar-refractivity contribution in [2.75, 3.05) is 19.8 Å². The molecule has 4 rings (SSSR count). The smallest absolute Gasteiger partial charge is 0.410 e. The van der Waals surface area contributed by atoms with Crippen LogP contribution in [-0.2, 0) is 32.2 Å². The molecule has 0 N–H and O–H groups in total. The van der Waals surface area contributed by atoms with Gasteiger partial charge in [0.2, 0.25) is 0 Å². The van der Waals surface area contributed by atoms with Gasteiger partial charge in [-0.25, -0.2) is 4.79 Å². The molecule has 1 amide bonds. The maximum atomic E-state index is 13.8. The van der Waals surface area contributed by atoms with Gasteiger partial charge in [-0.05, 0) is 76.3 Å². The second-order valence-corrected chi connectivity index (χ2v) is 13.0. The number of carbonyl (C=O) groups is 2. The summed E-state index contributed by atoms with van der Waals surface area (Å²) in [6.07, 6.45) is 13.4. The van der Waals surface area contributed by atoms with Crippen LogP contribution in [0.4, 0.5) is 4.79 Å². The Bertz CT molecular complexity index is 1160. The van der Waals surface area contributed by atoms with Gasteiger partial charge in [0.25, 0.3) is 0 Å². The number of rotatable bonds is 14. The Morgan fingerprint density at radius 1 is 0.930 bits per heavy atom. The van der Waals surface area contributed by atoms with Gasteiger partial charge in [-0.15, -0.1) is 0 Å². The molecule has 2 aromatic carbocycles. The second-order valence-electron chi connectivity index (χ2n) is 13.0. The Kier molecular flexibility index (Phi) is 12.2. The topological polar surface area (TPSA) is 65.1 Å². The van der Waals surface area contributed by atoms with Crippen molar-refractivity contribution in [3.63, 3.8) is 0 Å². The number of amides is 1. The number of unbranched alkanes of at least 4 members (excludes halogenated alkanes) is 2. The molecule has 2 fully saturated rings. The van der Waals surface area contributed by atoms with E-state index in [9.17, 15) is 9.59 Å². The van der Waals surface area contributed by atoms with E-state index in [4.69, 9.17) is 14.2 Å². The van der Waals surface area contributed by atoms with Crippen LogP contribution in [-0.4, -0.2) is 48.7 Å². The monoisotopic (exact) mass is 587 g/mol. The lowest BCUT2D eigenvalue weighted by Gasteiger charge is -2.54. The third kappa shape index (κ3) is 9.90.